The highest BCUT2D eigenvalue weighted by Crippen LogP contribution is 2.34. The number of carbonyl (C=O) groups excluding carboxylic acids is 1. The van der Waals surface area contributed by atoms with Crippen LogP contribution < -0.4 is 0 Å². The monoisotopic (exact) mass is 463 g/mol. The lowest BCUT2D eigenvalue weighted by molar-refractivity contribution is -0.384. The molecule has 0 amide bonds. The fourth-order valence-corrected chi connectivity index (χ4v) is 6.00. The molecule has 32 heavy (non-hydrogen) atoms. The lowest BCUT2D eigenvalue weighted by Crippen LogP contribution is -2.32. The molecule has 0 bridgehead atoms. The molecule has 6 nitrogen and oxygen atoms in total. The van der Waals surface area contributed by atoms with Crippen LogP contribution in [0.1, 0.15) is 63.5 Å². The average Bonchev–Trinajstić information content (AvgIpc) is 2.75. The molecule has 0 aromatic heterocycles. The number of non-ortho nitro benzene ring substituents is 1. The summed E-state index contributed by atoms with van der Waals surface area (Å²) in [6.07, 6.45) is 4.92. The Morgan fingerprint density at radius 2 is 1.72 bits per heavy atom. The molecule has 0 N–H and O–H groups in total. The number of unbranched alkanes of at least 4 members (excludes halogenated alkanes) is 2. The minimum absolute atomic E-state index is 0.0199. The lowest BCUT2D eigenvalue weighted by Gasteiger charge is -2.28. The molecule has 0 aliphatic heterocycles. The number of carbonyl (C=O) groups is 1. The van der Waals surface area contributed by atoms with Crippen molar-refractivity contribution in [2.45, 2.75) is 63.7 Å². The summed E-state index contributed by atoms with van der Waals surface area (Å²) in [6.45, 7) is 3.97. The molecule has 0 saturated heterocycles. The molecule has 174 valence electrons. The van der Waals surface area contributed by atoms with Crippen LogP contribution in [0.2, 0.25) is 0 Å². The lowest BCUT2D eigenvalue weighted by atomic mass is 9.81. The molecular formula is C24H30FNO5S. The highest BCUT2D eigenvalue weighted by atomic mass is 32.2. The minimum Gasteiger partial charge on any atom is -0.303 e. The molecular weight excluding hydrogens is 433 g/mol. The van der Waals surface area contributed by atoms with Crippen molar-refractivity contribution in [1.82, 2.24) is 0 Å². The Labute approximate surface area is 188 Å². The highest BCUT2D eigenvalue weighted by molar-refractivity contribution is 7.91. The first-order valence-electron chi connectivity index (χ1n) is 10.9. The number of hydrogen-bond donors (Lipinski definition) is 0. The second-order valence-corrected chi connectivity index (χ2v) is 10.3. The Kier molecular flexibility index (Phi) is 9.07. The van der Waals surface area contributed by atoms with E-state index in [2.05, 4.69) is 0 Å². The van der Waals surface area contributed by atoms with Crippen molar-refractivity contribution < 1.29 is 22.5 Å². The van der Waals surface area contributed by atoms with Gasteiger partial charge in [0.2, 0.25) is 0 Å². The predicted octanol–water partition coefficient (Wildman–Crippen LogP) is 5.66. The van der Waals surface area contributed by atoms with Gasteiger partial charge in [-0.1, -0.05) is 51.7 Å². The first kappa shape index (κ1) is 25.6. The molecule has 0 atom stereocenters. The second-order valence-electron chi connectivity index (χ2n) is 8.30. The molecule has 2 aromatic carbocycles. The quantitative estimate of drug-likeness (QED) is 0.165. The van der Waals surface area contributed by atoms with Gasteiger partial charge < -0.3 is 4.79 Å². The summed E-state index contributed by atoms with van der Waals surface area (Å²) < 4.78 is 40.9. The molecule has 0 saturated carbocycles. The maximum absolute atomic E-state index is 14.0. The van der Waals surface area contributed by atoms with Gasteiger partial charge in [0.15, 0.2) is 9.84 Å². The number of aldehydes is 1. The Hall–Kier alpha value is -2.61. The summed E-state index contributed by atoms with van der Waals surface area (Å²) in [5, 5.41) is 11.1. The second kappa shape index (κ2) is 11.3. The van der Waals surface area contributed by atoms with E-state index in [-0.39, 0.29) is 28.3 Å². The number of nitro groups is 1. The number of sulfone groups is 1. The van der Waals surface area contributed by atoms with Gasteiger partial charge >= 0.3 is 0 Å². The molecule has 0 spiro atoms. The van der Waals surface area contributed by atoms with E-state index in [1.165, 1.54) is 24.3 Å². The van der Waals surface area contributed by atoms with Crippen molar-refractivity contribution in [3.05, 3.63) is 69.5 Å². The van der Waals surface area contributed by atoms with Crippen LogP contribution in [0.15, 0.2) is 47.4 Å². The summed E-state index contributed by atoms with van der Waals surface area (Å²) in [5.74, 6) is -0.931. The summed E-state index contributed by atoms with van der Waals surface area (Å²) >= 11 is 0. The fraction of sp³-hybridized carbons (Fsp3) is 0.458. The third-order valence-corrected chi connectivity index (χ3v) is 7.68. The SMILES string of the molecule is CCCCC(C=O)(CCCC)CS(=O)(=O)c1ccc(F)cc1Cc1cccc([N+](=O)[O-])c1. The van der Waals surface area contributed by atoms with Crippen molar-refractivity contribution in [3.8, 4) is 0 Å². The molecule has 8 heteroatoms. The maximum Gasteiger partial charge on any atom is 0.269 e. The van der Waals surface area contributed by atoms with Crippen molar-refractivity contribution >= 4 is 21.8 Å². The third-order valence-electron chi connectivity index (χ3n) is 5.66. The molecule has 0 heterocycles. The van der Waals surface area contributed by atoms with Gasteiger partial charge in [-0.15, -0.1) is 0 Å². The average molecular weight is 464 g/mol. The summed E-state index contributed by atoms with van der Waals surface area (Å²) in [4.78, 5) is 22.6. The van der Waals surface area contributed by atoms with E-state index >= 15 is 0 Å². The first-order chi connectivity index (χ1) is 15.2. The molecule has 0 aliphatic carbocycles. The van der Waals surface area contributed by atoms with Crippen LogP contribution in [0.5, 0.6) is 0 Å². The van der Waals surface area contributed by atoms with Gasteiger partial charge in [0.05, 0.1) is 15.6 Å². The highest BCUT2D eigenvalue weighted by Gasteiger charge is 2.36. The molecule has 2 rings (SSSR count). The zero-order chi connectivity index (χ0) is 23.8. The van der Waals surface area contributed by atoms with E-state index in [1.54, 1.807) is 6.07 Å². The van der Waals surface area contributed by atoms with Crippen LogP contribution in [-0.2, 0) is 21.1 Å². The molecule has 0 fully saturated rings. The Morgan fingerprint density at radius 1 is 1.06 bits per heavy atom. The van der Waals surface area contributed by atoms with E-state index in [9.17, 15) is 27.7 Å². The predicted molar refractivity (Wildman–Crippen MR) is 122 cm³/mol. The van der Waals surface area contributed by atoms with Crippen molar-refractivity contribution in [2.75, 3.05) is 5.75 Å². The standard InChI is InChI=1S/C24H30FNO5S/c1-3-5-12-24(17-27,13-6-4-2)18-32(30,31)23-11-10-21(25)16-20(23)14-19-8-7-9-22(15-19)26(28)29/h7-11,15-17H,3-6,12-14,18H2,1-2H3. The summed E-state index contributed by atoms with van der Waals surface area (Å²) in [7, 11) is -3.92. The van der Waals surface area contributed by atoms with Gasteiger partial charge in [0, 0.05) is 17.5 Å². The maximum atomic E-state index is 14.0. The molecule has 0 unspecified atom stereocenters. The molecule has 0 radical (unpaired) electrons. The normalized spacial score (nSPS) is 12.0. The van der Waals surface area contributed by atoms with E-state index in [1.807, 2.05) is 13.8 Å². The van der Waals surface area contributed by atoms with Gasteiger partial charge in [-0.2, -0.15) is 0 Å². The van der Waals surface area contributed by atoms with Crippen LogP contribution >= 0.6 is 0 Å². The molecule has 0 aliphatic rings. The van der Waals surface area contributed by atoms with Crippen molar-refractivity contribution in [1.29, 1.82) is 0 Å². The zero-order valence-electron chi connectivity index (χ0n) is 18.6. The van der Waals surface area contributed by atoms with Crippen molar-refractivity contribution in [3.63, 3.8) is 0 Å². The summed E-state index contributed by atoms with van der Waals surface area (Å²) in [5.41, 5.74) is -0.388. The third kappa shape index (κ3) is 6.69. The first-order valence-corrected chi connectivity index (χ1v) is 12.5. The smallest absolute Gasteiger partial charge is 0.269 e. The van der Waals surface area contributed by atoms with Gasteiger partial charge in [-0.25, -0.2) is 12.8 Å². The van der Waals surface area contributed by atoms with Crippen LogP contribution in [0.3, 0.4) is 0 Å². The van der Waals surface area contributed by atoms with Crippen LogP contribution in [-0.4, -0.2) is 25.4 Å². The van der Waals surface area contributed by atoms with Gasteiger partial charge in [-0.05, 0) is 48.6 Å². The Balaban J connectivity index is 2.45. The fourth-order valence-electron chi connectivity index (χ4n) is 3.92. The van der Waals surface area contributed by atoms with Gasteiger partial charge in [0.25, 0.3) is 5.69 Å². The number of nitro benzene ring substituents is 1. The number of nitrogens with zero attached hydrogens (tertiary/aromatic N) is 1. The number of hydrogen-bond acceptors (Lipinski definition) is 5. The van der Waals surface area contributed by atoms with Crippen LogP contribution in [0.4, 0.5) is 10.1 Å². The largest absolute Gasteiger partial charge is 0.303 e. The number of halogens is 1. The Morgan fingerprint density at radius 3 is 2.28 bits per heavy atom. The van der Waals surface area contributed by atoms with Gasteiger partial charge in [-0.3, -0.25) is 10.1 Å². The number of benzene rings is 2. The summed E-state index contributed by atoms with van der Waals surface area (Å²) in [6, 6.07) is 9.29. The van der Waals surface area contributed by atoms with Crippen LogP contribution in [0, 0.1) is 21.3 Å². The van der Waals surface area contributed by atoms with Crippen LogP contribution in [0.25, 0.3) is 0 Å². The molecule has 2 aromatic rings. The van der Waals surface area contributed by atoms with Gasteiger partial charge in [0.1, 0.15) is 12.1 Å². The minimum atomic E-state index is -3.92. The topological polar surface area (TPSA) is 94.3 Å². The van der Waals surface area contributed by atoms with Crippen molar-refractivity contribution in [2.24, 2.45) is 5.41 Å². The zero-order valence-corrected chi connectivity index (χ0v) is 19.4. The van der Waals surface area contributed by atoms with E-state index in [0.717, 1.165) is 44.1 Å². The van der Waals surface area contributed by atoms with E-state index in [4.69, 9.17) is 0 Å². The van der Waals surface area contributed by atoms with E-state index < -0.39 is 26.0 Å². The van der Waals surface area contributed by atoms with E-state index in [0.29, 0.717) is 18.4 Å². The Bertz CT molecular complexity index is 1040. The number of rotatable bonds is 13.